The summed E-state index contributed by atoms with van der Waals surface area (Å²) in [6.45, 7) is 5.14. The van der Waals surface area contributed by atoms with E-state index in [0.717, 1.165) is 6.04 Å². The molecular formula is C9H17N. The van der Waals surface area contributed by atoms with Crippen molar-refractivity contribution in [1.29, 1.82) is 0 Å². The lowest BCUT2D eigenvalue weighted by atomic mass is 10.1. The van der Waals surface area contributed by atoms with Crippen LogP contribution in [-0.4, -0.2) is 12.6 Å². The van der Waals surface area contributed by atoms with Gasteiger partial charge in [-0.05, 0) is 33.2 Å². The maximum absolute atomic E-state index is 4.60. The van der Waals surface area contributed by atoms with Crippen LogP contribution in [0.1, 0.15) is 33.1 Å². The van der Waals surface area contributed by atoms with Crippen LogP contribution >= 0.6 is 0 Å². The van der Waals surface area contributed by atoms with Gasteiger partial charge in [0.1, 0.15) is 0 Å². The molecular weight excluding hydrogens is 122 g/mol. The van der Waals surface area contributed by atoms with Gasteiger partial charge in [-0.3, -0.25) is 0 Å². The third-order valence-electron chi connectivity index (χ3n) is 1.56. The van der Waals surface area contributed by atoms with Crippen molar-refractivity contribution in [3.05, 3.63) is 0 Å². The van der Waals surface area contributed by atoms with E-state index in [4.69, 9.17) is 0 Å². The zero-order valence-corrected chi connectivity index (χ0v) is 6.98. The van der Waals surface area contributed by atoms with Crippen LogP contribution < -0.4 is 5.32 Å². The molecule has 0 aliphatic carbocycles. The molecule has 0 bridgehead atoms. The zero-order valence-electron chi connectivity index (χ0n) is 6.98. The lowest BCUT2D eigenvalue weighted by Gasteiger charge is -2.18. The van der Waals surface area contributed by atoms with E-state index in [2.05, 4.69) is 24.6 Å². The molecule has 0 spiro atoms. The third kappa shape index (κ3) is 5.65. The maximum Gasteiger partial charge on any atom is 0.00387 e. The van der Waals surface area contributed by atoms with Gasteiger partial charge in [0.05, 0.1) is 0 Å². The molecule has 1 unspecified atom stereocenters. The zero-order chi connectivity index (χ0) is 7.82. The van der Waals surface area contributed by atoms with Gasteiger partial charge in [0.2, 0.25) is 0 Å². The summed E-state index contributed by atoms with van der Waals surface area (Å²) in [5.41, 5.74) is 0. The Bertz CT molecular complexity index is 95.8. The number of nitrogens with one attached hydrogen (secondary N) is 1. The van der Waals surface area contributed by atoms with Gasteiger partial charge in [-0.1, -0.05) is 6.42 Å². The fourth-order valence-electron chi connectivity index (χ4n) is 1.03. The first-order valence-electron chi connectivity index (χ1n) is 3.92. The number of piperidine rings is 1. The minimum absolute atomic E-state index is 0.786. The van der Waals surface area contributed by atoms with Crippen molar-refractivity contribution in [2.75, 3.05) is 6.54 Å². The molecule has 0 aromatic carbocycles. The van der Waals surface area contributed by atoms with E-state index >= 15 is 0 Å². The highest BCUT2D eigenvalue weighted by Gasteiger charge is 2.04. The number of rotatable bonds is 0. The van der Waals surface area contributed by atoms with Gasteiger partial charge in [-0.25, -0.2) is 0 Å². The van der Waals surface area contributed by atoms with Crippen LogP contribution in [0.25, 0.3) is 0 Å². The highest BCUT2D eigenvalue weighted by molar-refractivity contribution is 4.73. The minimum atomic E-state index is 0.786. The second kappa shape index (κ2) is 6.64. The largest absolute Gasteiger partial charge is 0.314 e. The van der Waals surface area contributed by atoms with Crippen molar-refractivity contribution < 1.29 is 0 Å². The summed E-state index contributed by atoms with van der Waals surface area (Å²) < 4.78 is 0. The summed E-state index contributed by atoms with van der Waals surface area (Å²) >= 11 is 0. The van der Waals surface area contributed by atoms with Gasteiger partial charge in [-0.2, -0.15) is 0 Å². The van der Waals surface area contributed by atoms with Crippen molar-refractivity contribution in [3.63, 3.8) is 0 Å². The second-order valence-corrected chi connectivity index (χ2v) is 2.64. The van der Waals surface area contributed by atoms with Crippen LogP contribution in [0, 0.1) is 12.3 Å². The summed E-state index contributed by atoms with van der Waals surface area (Å²) in [4.78, 5) is 0. The molecule has 0 amide bonds. The molecule has 1 aliphatic rings. The Balaban J connectivity index is 0.000000236. The topological polar surface area (TPSA) is 12.0 Å². The summed E-state index contributed by atoms with van der Waals surface area (Å²) in [6.07, 6.45) is 8.78. The lowest BCUT2D eigenvalue weighted by molar-refractivity contribution is 0.425. The highest BCUT2D eigenvalue weighted by Crippen LogP contribution is 2.04. The summed E-state index contributed by atoms with van der Waals surface area (Å²) in [7, 11) is 0. The summed E-state index contributed by atoms with van der Waals surface area (Å²) in [5, 5.41) is 3.38. The average molecular weight is 139 g/mol. The number of hydrogen-bond donors (Lipinski definition) is 1. The van der Waals surface area contributed by atoms with Crippen LogP contribution in [0.3, 0.4) is 0 Å². The molecule has 0 saturated carbocycles. The van der Waals surface area contributed by atoms with Crippen LogP contribution in [0.2, 0.25) is 0 Å². The Labute approximate surface area is 64.2 Å². The van der Waals surface area contributed by atoms with Crippen molar-refractivity contribution >= 4 is 0 Å². The van der Waals surface area contributed by atoms with Crippen molar-refractivity contribution in [1.82, 2.24) is 5.32 Å². The Kier molecular flexibility index (Phi) is 6.32. The predicted octanol–water partition coefficient (Wildman–Crippen LogP) is 1.79. The fraction of sp³-hybridized carbons (Fsp3) is 0.778. The molecule has 0 radical (unpaired) electrons. The molecule has 1 atom stereocenters. The molecule has 1 heterocycles. The first-order chi connectivity index (χ1) is 4.81. The van der Waals surface area contributed by atoms with Gasteiger partial charge in [0.15, 0.2) is 0 Å². The summed E-state index contributed by atoms with van der Waals surface area (Å²) in [6, 6.07) is 0.786. The third-order valence-corrected chi connectivity index (χ3v) is 1.56. The number of terminal acetylenes is 1. The molecule has 1 heteroatoms. The van der Waals surface area contributed by atoms with Crippen molar-refractivity contribution in [2.45, 2.75) is 39.2 Å². The first kappa shape index (κ1) is 9.52. The van der Waals surface area contributed by atoms with Gasteiger partial charge in [-0.15, -0.1) is 12.3 Å². The van der Waals surface area contributed by atoms with E-state index in [1.54, 1.807) is 6.92 Å². The van der Waals surface area contributed by atoms with Crippen LogP contribution in [0.15, 0.2) is 0 Å². The summed E-state index contributed by atoms with van der Waals surface area (Å²) in [5.74, 6) is 2.25. The van der Waals surface area contributed by atoms with Crippen LogP contribution in [0.4, 0.5) is 0 Å². The van der Waals surface area contributed by atoms with E-state index in [1.165, 1.54) is 25.8 Å². The molecule has 58 valence electrons. The first-order valence-corrected chi connectivity index (χ1v) is 3.92. The van der Waals surface area contributed by atoms with Crippen molar-refractivity contribution in [3.8, 4) is 12.3 Å². The van der Waals surface area contributed by atoms with Gasteiger partial charge in [0.25, 0.3) is 0 Å². The Morgan fingerprint density at radius 2 is 2.10 bits per heavy atom. The molecule has 1 aliphatic heterocycles. The molecule has 0 aromatic heterocycles. The van der Waals surface area contributed by atoms with Crippen LogP contribution in [-0.2, 0) is 0 Å². The van der Waals surface area contributed by atoms with E-state index in [1.807, 2.05) is 0 Å². The smallest absolute Gasteiger partial charge is 0.00387 e. The lowest BCUT2D eigenvalue weighted by Crippen LogP contribution is -2.30. The van der Waals surface area contributed by atoms with Gasteiger partial charge < -0.3 is 5.32 Å². The molecule has 1 N–H and O–H groups in total. The Hall–Kier alpha value is -0.480. The van der Waals surface area contributed by atoms with Crippen molar-refractivity contribution in [2.24, 2.45) is 0 Å². The predicted molar refractivity (Wildman–Crippen MR) is 45.8 cm³/mol. The van der Waals surface area contributed by atoms with Gasteiger partial charge in [0, 0.05) is 6.04 Å². The SMILES string of the molecule is C#CC.CC1CCCCN1. The molecule has 0 aromatic rings. The number of hydrogen-bond acceptors (Lipinski definition) is 1. The van der Waals surface area contributed by atoms with Gasteiger partial charge >= 0.3 is 0 Å². The monoisotopic (exact) mass is 139 g/mol. The quantitative estimate of drug-likeness (QED) is 0.504. The molecule has 1 rings (SSSR count). The molecule has 1 saturated heterocycles. The molecule has 10 heavy (non-hydrogen) atoms. The molecule has 1 fully saturated rings. The Morgan fingerprint density at radius 1 is 1.50 bits per heavy atom. The normalized spacial score (nSPS) is 23.9. The minimum Gasteiger partial charge on any atom is -0.314 e. The van der Waals surface area contributed by atoms with E-state index < -0.39 is 0 Å². The maximum atomic E-state index is 4.60. The fourth-order valence-corrected chi connectivity index (χ4v) is 1.03. The van der Waals surface area contributed by atoms with E-state index in [0.29, 0.717) is 0 Å². The second-order valence-electron chi connectivity index (χ2n) is 2.64. The Morgan fingerprint density at radius 3 is 2.30 bits per heavy atom. The van der Waals surface area contributed by atoms with Crippen LogP contribution in [0.5, 0.6) is 0 Å². The average Bonchev–Trinajstić information content (AvgIpc) is 1.91. The van der Waals surface area contributed by atoms with E-state index in [-0.39, 0.29) is 0 Å². The standard InChI is InChI=1S/C6H13N.C3H4/c1-6-4-2-3-5-7-6;1-3-2/h6-7H,2-5H2,1H3;1H,2H3. The highest BCUT2D eigenvalue weighted by atomic mass is 14.9. The van der Waals surface area contributed by atoms with E-state index in [9.17, 15) is 0 Å². The molecule has 1 nitrogen and oxygen atoms in total.